The summed E-state index contributed by atoms with van der Waals surface area (Å²) in [5, 5.41) is 2.81. The molecule has 3 aromatic rings. The van der Waals surface area contributed by atoms with Crippen molar-refractivity contribution in [2.24, 2.45) is 0 Å². The molecule has 0 saturated heterocycles. The van der Waals surface area contributed by atoms with Crippen LogP contribution in [0.5, 0.6) is 5.75 Å². The number of methoxy groups -OCH3 is 1. The first-order chi connectivity index (χ1) is 15.3. The van der Waals surface area contributed by atoms with Gasteiger partial charge >= 0.3 is 5.97 Å². The number of ether oxygens (including phenoxy) is 2. The van der Waals surface area contributed by atoms with Gasteiger partial charge in [-0.2, -0.15) is 0 Å². The van der Waals surface area contributed by atoms with Gasteiger partial charge in [0.05, 0.1) is 12.8 Å². The van der Waals surface area contributed by atoms with Crippen LogP contribution >= 0.6 is 0 Å². The first-order valence-electron chi connectivity index (χ1n) is 10.5. The highest BCUT2D eigenvalue weighted by molar-refractivity contribution is 5.95. The summed E-state index contributed by atoms with van der Waals surface area (Å²) in [6.07, 6.45) is 0. The predicted molar refractivity (Wildman–Crippen MR) is 126 cm³/mol. The Morgan fingerprint density at radius 1 is 0.875 bits per heavy atom. The Bertz CT molecular complexity index is 1020. The molecule has 166 valence electrons. The van der Waals surface area contributed by atoms with E-state index in [1.54, 1.807) is 7.11 Å². The van der Waals surface area contributed by atoms with Gasteiger partial charge in [0.25, 0.3) is 5.91 Å². The average molecular weight is 432 g/mol. The van der Waals surface area contributed by atoms with Crippen LogP contribution in [0.3, 0.4) is 0 Å². The number of carbonyl (C=O) groups is 2. The third-order valence-electron chi connectivity index (χ3n) is 5.19. The summed E-state index contributed by atoms with van der Waals surface area (Å²) in [5.74, 6) is -0.969. The van der Waals surface area contributed by atoms with Gasteiger partial charge < -0.3 is 14.8 Å². The molecule has 0 aliphatic rings. The van der Waals surface area contributed by atoms with Crippen LogP contribution in [0.15, 0.2) is 78.9 Å². The van der Waals surface area contributed by atoms with Crippen molar-refractivity contribution < 1.29 is 19.1 Å². The summed E-state index contributed by atoms with van der Waals surface area (Å²) in [6.45, 7) is 5.89. The smallest absolute Gasteiger partial charge is 0.318 e. The molecule has 5 heteroatoms. The second-order valence-corrected chi connectivity index (χ2v) is 8.58. The third kappa shape index (κ3) is 5.76. The lowest BCUT2D eigenvalue weighted by Crippen LogP contribution is -2.25. The lowest BCUT2D eigenvalue weighted by atomic mass is 9.87. The summed E-state index contributed by atoms with van der Waals surface area (Å²) < 4.78 is 10.8. The van der Waals surface area contributed by atoms with E-state index in [1.165, 1.54) is 0 Å². The average Bonchev–Trinajstić information content (AvgIpc) is 2.79. The van der Waals surface area contributed by atoms with Crippen molar-refractivity contribution in [3.63, 3.8) is 0 Å². The molecule has 3 rings (SSSR count). The lowest BCUT2D eigenvalue weighted by Gasteiger charge is -2.21. The molecule has 0 saturated carbocycles. The Morgan fingerprint density at radius 2 is 1.44 bits per heavy atom. The SMILES string of the molecule is COc1ccc(C(C)(C)C)cc1NC(=O)COC(=O)C(c1ccccc1)c1ccccc1. The molecule has 5 nitrogen and oxygen atoms in total. The van der Waals surface area contributed by atoms with Gasteiger partial charge in [0.15, 0.2) is 6.61 Å². The van der Waals surface area contributed by atoms with Gasteiger partial charge in [-0.25, -0.2) is 0 Å². The Labute approximate surface area is 189 Å². The second kappa shape index (κ2) is 10.1. The summed E-state index contributed by atoms with van der Waals surface area (Å²) in [7, 11) is 1.55. The van der Waals surface area contributed by atoms with Crippen LogP contribution in [0.2, 0.25) is 0 Å². The molecular formula is C27H29NO4. The van der Waals surface area contributed by atoms with Gasteiger partial charge in [-0.15, -0.1) is 0 Å². The quantitative estimate of drug-likeness (QED) is 0.515. The lowest BCUT2D eigenvalue weighted by molar-refractivity contribution is -0.147. The molecule has 3 aromatic carbocycles. The van der Waals surface area contributed by atoms with Gasteiger partial charge in [0.1, 0.15) is 11.7 Å². The zero-order chi connectivity index (χ0) is 23.1. The summed E-state index contributed by atoms with van der Waals surface area (Å²) in [4.78, 5) is 25.6. The third-order valence-corrected chi connectivity index (χ3v) is 5.19. The zero-order valence-electron chi connectivity index (χ0n) is 18.9. The Kier molecular flexibility index (Phi) is 7.31. The largest absolute Gasteiger partial charge is 0.495 e. The van der Waals surface area contributed by atoms with Crippen molar-refractivity contribution >= 4 is 17.6 Å². The van der Waals surface area contributed by atoms with Crippen molar-refractivity contribution in [3.05, 3.63) is 95.6 Å². The molecule has 1 amide bonds. The first kappa shape index (κ1) is 23.1. The monoisotopic (exact) mass is 431 g/mol. The van der Waals surface area contributed by atoms with E-state index in [0.717, 1.165) is 16.7 Å². The van der Waals surface area contributed by atoms with Crippen LogP contribution in [-0.2, 0) is 19.7 Å². The Hall–Kier alpha value is -3.60. The van der Waals surface area contributed by atoms with Crippen molar-refractivity contribution in [3.8, 4) is 5.75 Å². The van der Waals surface area contributed by atoms with Crippen molar-refractivity contribution in [2.75, 3.05) is 19.0 Å². The fourth-order valence-corrected chi connectivity index (χ4v) is 3.43. The number of anilines is 1. The normalized spacial score (nSPS) is 11.2. The number of esters is 1. The molecule has 0 aromatic heterocycles. The number of carbonyl (C=O) groups excluding carboxylic acids is 2. The molecule has 0 aliphatic carbocycles. The van der Waals surface area contributed by atoms with Crippen molar-refractivity contribution in [1.82, 2.24) is 0 Å². The fraction of sp³-hybridized carbons (Fsp3) is 0.259. The number of benzene rings is 3. The fourth-order valence-electron chi connectivity index (χ4n) is 3.43. The van der Waals surface area contributed by atoms with Gasteiger partial charge in [0, 0.05) is 0 Å². The Balaban J connectivity index is 1.73. The molecule has 0 radical (unpaired) electrons. The molecule has 0 heterocycles. The molecule has 0 bridgehead atoms. The number of rotatable bonds is 7. The number of hydrogen-bond acceptors (Lipinski definition) is 4. The first-order valence-corrected chi connectivity index (χ1v) is 10.5. The molecule has 0 aliphatic heterocycles. The van der Waals surface area contributed by atoms with E-state index < -0.39 is 24.4 Å². The minimum atomic E-state index is -0.607. The maximum absolute atomic E-state index is 13.0. The highest BCUT2D eigenvalue weighted by Crippen LogP contribution is 2.31. The number of nitrogens with one attached hydrogen (secondary N) is 1. The molecule has 0 fully saturated rings. The van der Waals surface area contributed by atoms with E-state index in [2.05, 4.69) is 26.1 Å². The molecular weight excluding hydrogens is 402 g/mol. The Morgan fingerprint density at radius 3 is 1.94 bits per heavy atom. The minimum Gasteiger partial charge on any atom is -0.495 e. The van der Waals surface area contributed by atoms with Gasteiger partial charge in [-0.05, 0) is 34.2 Å². The maximum atomic E-state index is 13.0. The minimum absolute atomic E-state index is 0.0865. The van der Waals surface area contributed by atoms with E-state index in [-0.39, 0.29) is 5.41 Å². The molecule has 1 N–H and O–H groups in total. The molecule has 0 spiro atoms. The van der Waals surface area contributed by atoms with Crippen LogP contribution in [0, 0.1) is 0 Å². The van der Waals surface area contributed by atoms with Gasteiger partial charge in [-0.1, -0.05) is 87.5 Å². The highest BCUT2D eigenvalue weighted by atomic mass is 16.5. The highest BCUT2D eigenvalue weighted by Gasteiger charge is 2.25. The van der Waals surface area contributed by atoms with Crippen LogP contribution < -0.4 is 10.1 Å². The zero-order valence-corrected chi connectivity index (χ0v) is 18.9. The molecule has 0 unspecified atom stereocenters. The predicted octanol–water partition coefficient (Wildman–Crippen LogP) is 5.31. The standard InChI is InChI=1S/C27H29NO4/c1-27(2,3)21-15-16-23(31-4)22(17-21)28-24(29)18-32-26(30)25(19-11-7-5-8-12-19)20-13-9-6-10-14-20/h5-17,25H,18H2,1-4H3,(H,28,29). The van der Waals surface area contributed by atoms with Gasteiger partial charge in [-0.3, -0.25) is 9.59 Å². The van der Waals surface area contributed by atoms with Crippen LogP contribution in [0.1, 0.15) is 43.4 Å². The van der Waals surface area contributed by atoms with Gasteiger partial charge in [0.2, 0.25) is 0 Å². The summed E-state index contributed by atoms with van der Waals surface area (Å²) in [5.41, 5.74) is 3.13. The van der Waals surface area contributed by atoms with E-state index in [4.69, 9.17) is 9.47 Å². The second-order valence-electron chi connectivity index (χ2n) is 8.58. The summed E-state index contributed by atoms with van der Waals surface area (Å²) >= 11 is 0. The van der Waals surface area contributed by atoms with E-state index in [9.17, 15) is 9.59 Å². The van der Waals surface area contributed by atoms with E-state index in [1.807, 2.05) is 78.9 Å². The molecule has 32 heavy (non-hydrogen) atoms. The van der Waals surface area contributed by atoms with Crippen molar-refractivity contribution in [1.29, 1.82) is 0 Å². The van der Waals surface area contributed by atoms with E-state index >= 15 is 0 Å². The van der Waals surface area contributed by atoms with Crippen LogP contribution in [0.25, 0.3) is 0 Å². The number of amides is 1. The number of hydrogen-bond donors (Lipinski definition) is 1. The van der Waals surface area contributed by atoms with E-state index in [0.29, 0.717) is 11.4 Å². The maximum Gasteiger partial charge on any atom is 0.318 e. The van der Waals surface area contributed by atoms with Crippen molar-refractivity contribution in [2.45, 2.75) is 32.1 Å². The topological polar surface area (TPSA) is 64.6 Å². The summed E-state index contributed by atoms with van der Waals surface area (Å²) in [6, 6.07) is 24.5. The molecule has 0 atom stereocenters. The van der Waals surface area contributed by atoms with Crippen LogP contribution in [-0.4, -0.2) is 25.6 Å². The van der Waals surface area contributed by atoms with Crippen LogP contribution in [0.4, 0.5) is 5.69 Å².